The summed E-state index contributed by atoms with van der Waals surface area (Å²) in [4.78, 5) is 18.7. The molecule has 1 aromatic rings. The van der Waals surface area contributed by atoms with E-state index >= 15 is 0 Å². The van der Waals surface area contributed by atoms with Gasteiger partial charge in [0.05, 0.1) is 27.9 Å². The molecule has 1 aliphatic heterocycles. The fourth-order valence-electron chi connectivity index (χ4n) is 3.15. The van der Waals surface area contributed by atoms with Crippen LogP contribution in [0.15, 0.2) is 17.1 Å². The van der Waals surface area contributed by atoms with Gasteiger partial charge in [0, 0.05) is 32.6 Å². The molecule has 0 aromatic heterocycles. The standard InChI is InChI=1S/C20H32N4O4/c1-5-21-20(22-9-8-18(25)24-10-6-7-11-24)23-14-15-12-16(26-2)19(28-4)17(13-15)27-3/h12-13H,5-11,14H2,1-4H3,(H2,21,22,23). The van der Waals surface area contributed by atoms with E-state index in [4.69, 9.17) is 14.2 Å². The van der Waals surface area contributed by atoms with E-state index < -0.39 is 0 Å². The highest BCUT2D eigenvalue weighted by Crippen LogP contribution is 2.38. The van der Waals surface area contributed by atoms with Crippen molar-refractivity contribution in [1.29, 1.82) is 0 Å². The first-order valence-electron chi connectivity index (χ1n) is 9.71. The van der Waals surface area contributed by atoms with E-state index in [2.05, 4.69) is 15.6 Å². The van der Waals surface area contributed by atoms with Gasteiger partial charge in [-0.2, -0.15) is 0 Å². The van der Waals surface area contributed by atoms with Crippen molar-refractivity contribution in [2.24, 2.45) is 4.99 Å². The van der Waals surface area contributed by atoms with Crippen LogP contribution in [0.3, 0.4) is 0 Å². The van der Waals surface area contributed by atoms with Gasteiger partial charge < -0.3 is 29.7 Å². The van der Waals surface area contributed by atoms with E-state index in [9.17, 15) is 4.79 Å². The summed E-state index contributed by atoms with van der Waals surface area (Å²) in [6.45, 7) is 5.50. The maximum Gasteiger partial charge on any atom is 0.224 e. The van der Waals surface area contributed by atoms with Crippen molar-refractivity contribution in [2.45, 2.75) is 32.7 Å². The summed E-state index contributed by atoms with van der Waals surface area (Å²) < 4.78 is 16.1. The van der Waals surface area contributed by atoms with Crippen molar-refractivity contribution < 1.29 is 19.0 Å². The number of carbonyl (C=O) groups excluding carboxylic acids is 1. The van der Waals surface area contributed by atoms with Crippen LogP contribution in [0.25, 0.3) is 0 Å². The number of methoxy groups -OCH3 is 3. The predicted octanol–water partition coefficient (Wildman–Crippen LogP) is 1.78. The molecule has 1 aromatic carbocycles. The van der Waals surface area contributed by atoms with Gasteiger partial charge in [-0.1, -0.05) is 0 Å². The Kier molecular flexibility index (Phi) is 8.71. The third-order valence-corrected chi connectivity index (χ3v) is 4.58. The van der Waals surface area contributed by atoms with Crippen LogP contribution in [0.1, 0.15) is 31.7 Å². The molecule has 156 valence electrons. The third kappa shape index (κ3) is 5.94. The highest BCUT2D eigenvalue weighted by molar-refractivity contribution is 5.81. The van der Waals surface area contributed by atoms with Crippen molar-refractivity contribution in [1.82, 2.24) is 15.5 Å². The summed E-state index contributed by atoms with van der Waals surface area (Å²) >= 11 is 0. The largest absolute Gasteiger partial charge is 0.493 e. The number of amides is 1. The number of rotatable bonds is 9. The van der Waals surface area contributed by atoms with Crippen LogP contribution < -0.4 is 24.8 Å². The fourth-order valence-corrected chi connectivity index (χ4v) is 3.15. The molecule has 1 saturated heterocycles. The van der Waals surface area contributed by atoms with E-state index in [1.54, 1.807) is 21.3 Å². The quantitative estimate of drug-likeness (QED) is 0.492. The molecule has 1 fully saturated rings. The smallest absolute Gasteiger partial charge is 0.224 e. The Labute approximate surface area is 167 Å². The number of hydrogen-bond donors (Lipinski definition) is 2. The minimum Gasteiger partial charge on any atom is -0.493 e. The number of guanidine groups is 1. The maximum atomic E-state index is 12.2. The molecule has 0 spiro atoms. The third-order valence-electron chi connectivity index (χ3n) is 4.58. The molecular formula is C20H32N4O4. The molecule has 1 amide bonds. The van der Waals surface area contributed by atoms with Gasteiger partial charge in [0.15, 0.2) is 17.5 Å². The summed E-state index contributed by atoms with van der Waals surface area (Å²) in [6, 6.07) is 3.76. The van der Waals surface area contributed by atoms with Crippen LogP contribution in [0.4, 0.5) is 0 Å². The van der Waals surface area contributed by atoms with Gasteiger partial charge in [-0.3, -0.25) is 4.79 Å². The lowest BCUT2D eigenvalue weighted by Crippen LogP contribution is -2.39. The molecule has 1 heterocycles. The first-order valence-corrected chi connectivity index (χ1v) is 9.71. The molecule has 0 atom stereocenters. The zero-order valence-corrected chi connectivity index (χ0v) is 17.3. The average Bonchev–Trinajstić information content (AvgIpc) is 3.26. The predicted molar refractivity (Wildman–Crippen MR) is 109 cm³/mol. The lowest BCUT2D eigenvalue weighted by molar-refractivity contribution is -0.129. The molecule has 0 bridgehead atoms. The summed E-state index contributed by atoms with van der Waals surface area (Å²) in [6.07, 6.45) is 2.69. The second-order valence-electron chi connectivity index (χ2n) is 6.49. The second-order valence-corrected chi connectivity index (χ2v) is 6.49. The minimum absolute atomic E-state index is 0.200. The zero-order chi connectivity index (χ0) is 20.4. The van der Waals surface area contributed by atoms with Gasteiger partial charge in [-0.25, -0.2) is 4.99 Å². The molecule has 2 N–H and O–H groups in total. The van der Waals surface area contributed by atoms with Gasteiger partial charge >= 0.3 is 0 Å². The normalized spacial score (nSPS) is 14.0. The van der Waals surface area contributed by atoms with Crippen molar-refractivity contribution in [3.63, 3.8) is 0 Å². The Morgan fingerprint density at radius 2 is 1.71 bits per heavy atom. The van der Waals surface area contributed by atoms with Gasteiger partial charge in [0.2, 0.25) is 11.7 Å². The molecular weight excluding hydrogens is 360 g/mol. The Bertz CT molecular complexity index is 647. The molecule has 0 aliphatic carbocycles. The Hall–Kier alpha value is -2.64. The number of carbonyl (C=O) groups is 1. The van der Waals surface area contributed by atoms with Crippen molar-refractivity contribution >= 4 is 11.9 Å². The number of nitrogens with zero attached hydrogens (tertiary/aromatic N) is 2. The summed E-state index contributed by atoms with van der Waals surface area (Å²) in [5.41, 5.74) is 0.930. The molecule has 28 heavy (non-hydrogen) atoms. The van der Waals surface area contributed by atoms with E-state index in [-0.39, 0.29) is 5.91 Å². The van der Waals surface area contributed by atoms with Crippen LogP contribution in [0, 0.1) is 0 Å². The Morgan fingerprint density at radius 1 is 1.07 bits per heavy atom. The van der Waals surface area contributed by atoms with E-state index in [0.717, 1.165) is 38.0 Å². The summed E-state index contributed by atoms with van der Waals surface area (Å²) in [5.74, 6) is 2.63. The van der Waals surface area contributed by atoms with E-state index in [0.29, 0.717) is 42.7 Å². The van der Waals surface area contributed by atoms with Gasteiger partial charge in [-0.05, 0) is 37.5 Å². The van der Waals surface area contributed by atoms with Crippen LogP contribution in [-0.2, 0) is 11.3 Å². The Morgan fingerprint density at radius 3 is 2.25 bits per heavy atom. The molecule has 1 aliphatic rings. The molecule has 8 nitrogen and oxygen atoms in total. The molecule has 0 unspecified atom stereocenters. The average molecular weight is 393 g/mol. The highest BCUT2D eigenvalue weighted by atomic mass is 16.5. The van der Waals surface area contributed by atoms with Crippen LogP contribution in [-0.4, -0.2) is 64.3 Å². The van der Waals surface area contributed by atoms with Gasteiger partial charge in [0.1, 0.15) is 0 Å². The topological polar surface area (TPSA) is 84.4 Å². The van der Waals surface area contributed by atoms with Crippen molar-refractivity contribution in [3.05, 3.63) is 17.7 Å². The van der Waals surface area contributed by atoms with Gasteiger partial charge in [-0.15, -0.1) is 0 Å². The number of hydrogen-bond acceptors (Lipinski definition) is 5. The van der Waals surface area contributed by atoms with Crippen LogP contribution in [0.5, 0.6) is 17.2 Å². The van der Waals surface area contributed by atoms with E-state index in [1.807, 2.05) is 24.0 Å². The number of ether oxygens (including phenoxy) is 3. The Balaban J connectivity index is 1.98. The van der Waals surface area contributed by atoms with Gasteiger partial charge in [0.25, 0.3) is 0 Å². The second kappa shape index (κ2) is 11.3. The molecule has 0 radical (unpaired) electrons. The van der Waals surface area contributed by atoms with E-state index in [1.165, 1.54) is 0 Å². The fraction of sp³-hybridized carbons (Fsp3) is 0.600. The number of aliphatic imine (C=N–C) groups is 1. The first kappa shape index (κ1) is 21.7. The number of likely N-dealkylation sites (tertiary alicyclic amines) is 1. The minimum atomic E-state index is 0.200. The molecule has 2 rings (SSSR count). The zero-order valence-electron chi connectivity index (χ0n) is 17.3. The summed E-state index contributed by atoms with van der Waals surface area (Å²) in [7, 11) is 4.76. The maximum absolute atomic E-state index is 12.2. The monoisotopic (exact) mass is 392 g/mol. The molecule has 8 heteroatoms. The lowest BCUT2D eigenvalue weighted by atomic mass is 10.2. The first-order chi connectivity index (χ1) is 13.6. The summed E-state index contributed by atoms with van der Waals surface area (Å²) in [5, 5.41) is 6.43. The van der Waals surface area contributed by atoms with Crippen LogP contribution in [0.2, 0.25) is 0 Å². The molecule has 0 saturated carbocycles. The van der Waals surface area contributed by atoms with Crippen molar-refractivity contribution in [2.75, 3.05) is 47.5 Å². The van der Waals surface area contributed by atoms with Crippen molar-refractivity contribution in [3.8, 4) is 17.2 Å². The lowest BCUT2D eigenvalue weighted by Gasteiger charge is -2.16. The SMILES string of the molecule is CCNC(=NCc1cc(OC)c(OC)c(OC)c1)NCCC(=O)N1CCCC1. The number of benzene rings is 1. The van der Waals surface area contributed by atoms with Crippen LogP contribution >= 0.6 is 0 Å². The highest BCUT2D eigenvalue weighted by Gasteiger charge is 2.17. The number of nitrogens with one attached hydrogen (secondary N) is 2.